The second kappa shape index (κ2) is 6.76. The van der Waals surface area contributed by atoms with E-state index in [-0.39, 0.29) is 6.10 Å². The van der Waals surface area contributed by atoms with Crippen LogP contribution < -0.4 is 0 Å². The molecule has 1 aliphatic rings. The first-order valence-corrected chi connectivity index (χ1v) is 8.30. The fraction of sp³-hybridized carbons (Fsp3) is 0.588. The maximum Gasteiger partial charge on any atom is 0.170 e. The van der Waals surface area contributed by atoms with E-state index in [1.54, 1.807) is 0 Å². The van der Waals surface area contributed by atoms with Gasteiger partial charge in [-0.15, -0.1) is 5.10 Å². The molecule has 0 aliphatic carbocycles. The maximum absolute atomic E-state index is 9.85. The molecule has 3 rings (SSSR count). The van der Waals surface area contributed by atoms with Crippen LogP contribution in [0.2, 0.25) is 0 Å². The highest BCUT2D eigenvalue weighted by Gasteiger charge is 2.25. The van der Waals surface area contributed by atoms with Crippen molar-refractivity contribution >= 4 is 0 Å². The number of rotatable bonds is 4. The molecule has 0 bridgehead atoms. The lowest BCUT2D eigenvalue weighted by atomic mass is 9.93. The minimum atomic E-state index is -0.257. The number of piperidine rings is 1. The van der Waals surface area contributed by atoms with E-state index in [0.717, 1.165) is 37.4 Å². The number of tetrazole rings is 1. The summed E-state index contributed by atoms with van der Waals surface area (Å²) in [5, 5.41) is 22.2. The molecule has 0 radical (unpaired) electrons. The van der Waals surface area contributed by atoms with Gasteiger partial charge in [-0.1, -0.05) is 18.2 Å². The quantitative estimate of drug-likeness (QED) is 0.933. The van der Waals surface area contributed by atoms with Crippen molar-refractivity contribution in [2.45, 2.75) is 46.3 Å². The SMILES string of the molecule is Cc1cccc(C)c1-n1nnnc1CN1CCCC(C(C)O)C1. The van der Waals surface area contributed by atoms with Gasteiger partial charge in [0.1, 0.15) is 0 Å². The number of benzene rings is 1. The Hall–Kier alpha value is -1.79. The van der Waals surface area contributed by atoms with Gasteiger partial charge in [0.05, 0.1) is 18.3 Å². The number of aromatic nitrogens is 4. The zero-order valence-corrected chi connectivity index (χ0v) is 14.1. The predicted molar refractivity (Wildman–Crippen MR) is 88.3 cm³/mol. The molecule has 6 heteroatoms. The molecular formula is C17H25N5O. The van der Waals surface area contributed by atoms with E-state index >= 15 is 0 Å². The molecule has 1 aliphatic heterocycles. The summed E-state index contributed by atoms with van der Waals surface area (Å²) in [5.41, 5.74) is 3.40. The van der Waals surface area contributed by atoms with Crippen LogP contribution in [0.25, 0.3) is 5.69 Å². The van der Waals surface area contributed by atoms with Crippen molar-refractivity contribution in [3.63, 3.8) is 0 Å². The lowest BCUT2D eigenvalue weighted by Gasteiger charge is -2.33. The number of para-hydroxylation sites is 1. The Kier molecular flexibility index (Phi) is 4.73. The van der Waals surface area contributed by atoms with E-state index in [2.05, 4.69) is 52.5 Å². The average Bonchev–Trinajstić information content (AvgIpc) is 2.95. The summed E-state index contributed by atoms with van der Waals surface area (Å²) in [4.78, 5) is 2.34. The molecule has 1 fully saturated rings. The molecule has 0 saturated carbocycles. The molecule has 1 aromatic carbocycles. The molecular weight excluding hydrogens is 290 g/mol. The number of aryl methyl sites for hydroxylation is 2. The molecule has 0 amide bonds. The fourth-order valence-electron chi connectivity index (χ4n) is 3.45. The van der Waals surface area contributed by atoms with Crippen molar-refractivity contribution in [1.29, 1.82) is 0 Å². The molecule has 2 unspecified atom stereocenters. The summed E-state index contributed by atoms with van der Waals surface area (Å²) in [6.07, 6.45) is 1.95. The predicted octanol–water partition coefficient (Wildman–Crippen LogP) is 1.87. The lowest BCUT2D eigenvalue weighted by Crippen LogP contribution is -2.39. The first kappa shape index (κ1) is 16.1. The van der Waals surface area contributed by atoms with Crippen molar-refractivity contribution in [2.75, 3.05) is 13.1 Å². The van der Waals surface area contributed by atoms with Crippen LogP contribution >= 0.6 is 0 Å². The Bertz CT molecular complexity index is 647. The Morgan fingerprint density at radius 2 is 2.04 bits per heavy atom. The molecule has 23 heavy (non-hydrogen) atoms. The van der Waals surface area contributed by atoms with E-state index < -0.39 is 0 Å². The van der Waals surface area contributed by atoms with Crippen LogP contribution in [0.1, 0.15) is 36.7 Å². The fourth-order valence-corrected chi connectivity index (χ4v) is 3.45. The first-order valence-electron chi connectivity index (χ1n) is 8.30. The van der Waals surface area contributed by atoms with Crippen molar-refractivity contribution in [2.24, 2.45) is 5.92 Å². The Labute approximate surface area is 137 Å². The van der Waals surface area contributed by atoms with Gasteiger partial charge in [-0.25, -0.2) is 0 Å². The largest absolute Gasteiger partial charge is 0.393 e. The molecule has 1 saturated heterocycles. The van der Waals surface area contributed by atoms with Gasteiger partial charge < -0.3 is 5.11 Å². The third-order valence-electron chi connectivity index (χ3n) is 4.77. The molecule has 1 aromatic heterocycles. The second-order valence-corrected chi connectivity index (χ2v) is 6.63. The Morgan fingerprint density at radius 1 is 1.30 bits per heavy atom. The molecule has 1 N–H and O–H groups in total. The van der Waals surface area contributed by atoms with Crippen molar-refractivity contribution in [1.82, 2.24) is 25.1 Å². The summed E-state index contributed by atoms with van der Waals surface area (Å²) in [7, 11) is 0. The van der Waals surface area contributed by atoms with Crippen LogP contribution in [-0.4, -0.2) is 49.4 Å². The maximum atomic E-state index is 9.85. The molecule has 2 atom stereocenters. The van der Waals surface area contributed by atoms with Gasteiger partial charge in [-0.2, -0.15) is 4.68 Å². The average molecular weight is 315 g/mol. The molecule has 0 spiro atoms. The van der Waals surface area contributed by atoms with Crippen molar-refractivity contribution < 1.29 is 5.11 Å². The normalized spacial score (nSPS) is 20.6. The zero-order valence-electron chi connectivity index (χ0n) is 14.1. The number of likely N-dealkylation sites (tertiary alicyclic amines) is 1. The number of nitrogens with zero attached hydrogens (tertiary/aromatic N) is 5. The molecule has 6 nitrogen and oxygen atoms in total. The number of aliphatic hydroxyl groups is 1. The van der Waals surface area contributed by atoms with Crippen LogP contribution in [0.4, 0.5) is 0 Å². The van der Waals surface area contributed by atoms with E-state index in [4.69, 9.17) is 0 Å². The number of aliphatic hydroxyl groups excluding tert-OH is 1. The van der Waals surface area contributed by atoms with E-state index in [9.17, 15) is 5.11 Å². The monoisotopic (exact) mass is 315 g/mol. The van der Waals surface area contributed by atoms with Crippen LogP contribution in [-0.2, 0) is 6.54 Å². The van der Waals surface area contributed by atoms with Crippen molar-refractivity contribution in [3.8, 4) is 5.69 Å². The van der Waals surface area contributed by atoms with Crippen molar-refractivity contribution in [3.05, 3.63) is 35.2 Å². The van der Waals surface area contributed by atoms with E-state index in [0.29, 0.717) is 12.5 Å². The third-order valence-corrected chi connectivity index (χ3v) is 4.77. The summed E-state index contributed by atoms with van der Waals surface area (Å²) in [5.74, 6) is 1.20. The minimum absolute atomic E-state index is 0.257. The lowest BCUT2D eigenvalue weighted by molar-refractivity contribution is 0.0586. The highest BCUT2D eigenvalue weighted by Crippen LogP contribution is 2.23. The van der Waals surface area contributed by atoms with Gasteiger partial charge in [0.2, 0.25) is 0 Å². The number of hydrogen-bond donors (Lipinski definition) is 1. The minimum Gasteiger partial charge on any atom is -0.393 e. The Balaban J connectivity index is 1.82. The van der Waals surface area contributed by atoms with E-state index in [1.807, 2.05) is 11.6 Å². The smallest absolute Gasteiger partial charge is 0.170 e. The zero-order chi connectivity index (χ0) is 16.4. The topological polar surface area (TPSA) is 67.1 Å². The highest BCUT2D eigenvalue weighted by atomic mass is 16.3. The van der Waals surface area contributed by atoms with Gasteiger partial charge in [0.25, 0.3) is 0 Å². The van der Waals surface area contributed by atoms with Crippen LogP contribution in [0.3, 0.4) is 0 Å². The highest BCUT2D eigenvalue weighted by molar-refractivity contribution is 5.46. The van der Waals surface area contributed by atoms with Crippen LogP contribution in [0.15, 0.2) is 18.2 Å². The Morgan fingerprint density at radius 3 is 2.74 bits per heavy atom. The van der Waals surface area contributed by atoms with Gasteiger partial charge in [-0.3, -0.25) is 4.90 Å². The first-order chi connectivity index (χ1) is 11.1. The molecule has 2 aromatic rings. The third kappa shape index (κ3) is 3.43. The van der Waals surface area contributed by atoms with Crippen LogP contribution in [0, 0.1) is 19.8 Å². The van der Waals surface area contributed by atoms with Gasteiger partial charge in [0.15, 0.2) is 5.82 Å². The molecule has 124 valence electrons. The summed E-state index contributed by atoms with van der Waals surface area (Å²) in [6.45, 7) is 8.69. The van der Waals surface area contributed by atoms with Gasteiger partial charge in [0, 0.05) is 6.54 Å². The summed E-state index contributed by atoms with van der Waals surface area (Å²) in [6, 6.07) is 6.21. The van der Waals surface area contributed by atoms with Gasteiger partial charge in [-0.05, 0) is 67.6 Å². The van der Waals surface area contributed by atoms with Crippen LogP contribution in [0.5, 0.6) is 0 Å². The van der Waals surface area contributed by atoms with Gasteiger partial charge >= 0.3 is 0 Å². The van der Waals surface area contributed by atoms with E-state index in [1.165, 1.54) is 11.1 Å². The standard InChI is InChI=1S/C17H25N5O/c1-12-6-4-7-13(2)17(12)22-16(18-19-20-22)11-21-9-5-8-15(10-21)14(3)23/h4,6-7,14-15,23H,5,8-11H2,1-3H3. The second-order valence-electron chi connectivity index (χ2n) is 6.63. The molecule has 2 heterocycles. The summed E-state index contributed by atoms with van der Waals surface area (Å²) < 4.78 is 1.86. The number of hydrogen-bond acceptors (Lipinski definition) is 5. The summed E-state index contributed by atoms with van der Waals surface area (Å²) >= 11 is 0.